The van der Waals surface area contributed by atoms with E-state index in [0.29, 0.717) is 25.2 Å². The normalized spacial score (nSPS) is 17.6. The summed E-state index contributed by atoms with van der Waals surface area (Å²) in [5.74, 6) is 0.461. The zero-order chi connectivity index (χ0) is 15.1. The van der Waals surface area contributed by atoms with Crippen molar-refractivity contribution < 1.29 is 9.53 Å². The molecule has 0 radical (unpaired) electrons. The zero-order valence-corrected chi connectivity index (χ0v) is 12.5. The highest BCUT2D eigenvalue weighted by Crippen LogP contribution is 2.22. The molecular weight excluding hydrogens is 272 g/mol. The van der Waals surface area contributed by atoms with Crippen molar-refractivity contribution >= 4 is 5.91 Å². The summed E-state index contributed by atoms with van der Waals surface area (Å²) in [6, 6.07) is 0. The van der Waals surface area contributed by atoms with Crippen LogP contribution in [-0.4, -0.2) is 39.8 Å². The molecule has 3 N–H and O–H groups in total. The Balaban J connectivity index is 1.72. The number of H-pyrrole nitrogens is 2. The standard InChI is InChI=1S/C14H24N4O3/c1-2-11(21-10-6-4-3-5-7-10)13(19)15-9-8-12-16-14(20)18-17-12/h10-11H,2-9H2,1H3,(H,15,19)(H2,16,17,18,20)/t11-/m1/s1. The van der Waals surface area contributed by atoms with Crippen LogP contribution in [0.15, 0.2) is 4.79 Å². The van der Waals surface area contributed by atoms with E-state index < -0.39 is 0 Å². The van der Waals surface area contributed by atoms with E-state index in [1.165, 1.54) is 19.3 Å². The molecule has 21 heavy (non-hydrogen) atoms. The molecule has 1 saturated carbocycles. The smallest absolute Gasteiger partial charge is 0.340 e. The fraction of sp³-hybridized carbons (Fsp3) is 0.786. The third-order valence-corrected chi connectivity index (χ3v) is 3.78. The van der Waals surface area contributed by atoms with Gasteiger partial charge in [-0.3, -0.25) is 9.78 Å². The van der Waals surface area contributed by atoms with Crippen molar-refractivity contribution in [3.63, 3.8) is 0 Å². The molecule has 0 aromatic carbocycles. The summed E-state index contributed by atoms with van der Waals surface area (Å²) < 4.78 is 5.92. The van der Waals surface area contributed by atoms with Crippen LogP contribution in [0.2, 0.25) is 0 Å². The lowest BCUT2D eigenvalue weighted by molar-refractivity contribution is -0.138. The predicted molar refractivity (Wildman–Crippen MR) is 78.0 cm³/mol. The third kappa shape index (κ3) is 5.00. The van der Waals surface area contributed by atoms with Gasteiger partial charge in [-0.25, -0.2) is 9.89 Å². The van der Waals surface area contributed by atoms with Gasteiger partial charge in [-0.15, -0.1) is 0 Å². The molecule has 1 aliphatic carbocycles. The SMILES string of the molecule is CC[C@@H](OC1CCCCC1)C(=O)NCCc1n[nH]c(=O)[nH]1. The quantitative estimate of drug-likeness (QED) is 0.695. The van der Waals surface area contributed by atoms with Crippen LogP contribution < -0.4 is 11.0 Å². The Labute approximate surface area is 123 Å². The second kappa shape index (κ2) is 7.97. The number of carbonyl (C=O) groups is 1. The van der Waals surface area contributed by atoms with E-state index in [1.807, 2.05) is 6.92 Å². The van der Waals surface area contributed by atoms with Crippen LogP contribution in [0.1, 0.15) is 51.3 Å². The fourth-order valence-corrected chi connectivity index (χ4v) is 2.62. The summed E-state index contributed by atoms with van der Waals surface area (Å²) >= 11 is 0. The highest BCUT2D eigenvalue weighted by Gasteiger charge is 2.23. The molecule has 1 heterocycles. The minimum atomic E-state index is -0.383. The first-order valence-electron chi connectivity index (χ1n) is 7.75. The maximum atomic E-state index is 12.1. The molecule has 1 atom stereocenters. The third-order valence-electron chi connectivity index (χ3n) is 3.78. The number of ether oxygens (including phenoxy) is 1. The van der Waals surface area contributed by atoms with Crippen molar-refractivity contribution in [3.05, 3.63) is 16.3 Å². The first kappa shape index (κ1) is 15.8. The molecule has 7 heteroatoms. The number of aromatic amines is 2. The molecule has 0 unspecified atom stereocenters. The van der Waals surface area contributed by atoms with Gasteiger partial charge in [0.15, 0.2) is 0 Å². The maximum Gasteiger partial charge on any atom is 0.340 e. The molecule has 118 valence electrons. The van der Waals surface area contributed by atoms with E-state index in [0.717, 1.165) is 12.8 Å². The first-order valence-corrected chi connectivity index (χ1v) is 7.75. The highest BCUT2D eigenvalue weighted by molar-refractivity contribution is 5.80. The van der Waals surface area contributed by atoms with Crippen LogP contribution in [-0.2, 0) is 16.0 Å². The number of carbonyl (C=O) groups excluding carboxylic acids is 1. The fourth-order valence-electron chi connectivity index (χ4n) is 2.62. The number of amides is 1. The van der Waals surface area contributed by atoms with E-state index in [4.69, 9.17) is 4.74 Å². The van der Waals surface area contributed by atoms with Gasteiger partial charge in [0.1, 0.15) is 11.9 Å². The number of rotatable bonds is 7. The van der Waals surface area contributed by atoms with Gasteiger partial charge in [0.2, 0.25) is 5.91 Å². The van der Waals surface area contributed by atoms with Gasteiger partial charge >= 0.3 is 5.69 Å². The van der Waals surface area contributed by atoms with Crippen molar-refractivity contribution in [2.24, 2.45) is 0 Å². The number of hydrogen-bond donors (Lipinski definition) is 3. The molecule has 1 aliphatic rings. The van der Waals surface area contributed by atoms with Gasteiger partial charge in [-0.2, -0.15) is 5.10 Å². The van der Waals surface area contributed by atoms with Gasteiger partial charge in [-0.1, -0.05) is 26.2 Å². The van der Waals surface area contributed by atoms with Crippen molar-refractivity contribution in [2.45, 2.75) is 64.1 Å². The Morgan fingerprint density at radius 1 is 1.43 bits per heavy atom. The average molecular weight is 296 g/mol. The van der Waals surface area contributed by atoms with E-state index in [2.05, 4.69) is 20.5 Å². The largest absolute Gasteiger partial charge is 0.365 e. The molecule has 2 rings (SSSR count). The van der Waals surface area contributed by atoms with Crippen LogP contribution in [0.25, 0.3) is 0 Å². The van der Waals surface area contributed by atoms with Crippen LogP contribution in [0.5, 0.6) is 0 Å². The monoisotopic (exact) mass is 296 g/mol. The zero-order valence-electron chi connectivity index (χ0n) is 12.5. The highest BCUT2D eigenvalue weighted by atomic mass is 16.5. The summed E-state index contributed by atoms with van der Waals surface area (Å²) in [6.07, 6.45) is 6.75. The number of nitrogens with zero attached hydrogens (tertiary/aromatic N) is 1. The molecule has 0 aliphatic heterocycles. The molecule has 0 saturated heterocycles. The lowest BCUT2D eigenvalue weighted by Crippen LogP contribution is -2.39. The molecule has 0 spiro atoms. The lowest BCUT2D eigenvalue weighted by Gasteiger charge is -2.26. The van der Waals surface area contributed by atoms with Crippen LogP contribution >= 0.6 is 0 Å². The van der Waals surface area contributed by atoms with Crippen molar-refractivity contribution in [2.75, 3.05) is 6.54 Å². The summed E-state index contributed by atoms with van der Waals surface area (Å²) in [5.41, 5.74) is -0.330. The first-order chi connectivity index (χ1) is 10.2. The van der Waals surface area contributed by atoms with Gasteiger partial charge in [-0.05, 0) is 19.3 Å². The Bertz CT molecular complexity index is 490. The van der Waals surface area contributed by atoms with E-state index in [9.17, 15) is 9.59 Å². The Morgan fingerprint density at radius 3 is 2.81 bits per heavy atom. The van der Waals surface area contributed by atoms with Crippen molar-refractivity contribution in [1.29, 1.82) is 0 Å². The molecule has 1 amide bonds. The number of nitrogens with one attached hydrogen (secondary N) is 3. The second-order valence-electron chi connectivity index (χ2n) is 5.46. The van der Waals surface area contributed by atoms with Crippen LogP contribution in [0.4, 0.5) is 0 Å². The number of hydrogen-bond acceptors (Lipinski definition) is 4. The predicted octanol–water partition coefficient (Wildman–Crippen LogP) is 0.885. The second-order valence-corrected chi connectivity index (χ2v) is 5.46. The molecule has 1 aromatic heterocycles. The lowest BCUT2D eigenvalue weighted by atomic mass is 9.97. The van der Waals surface area contributed by atoms with Crippen LogP contribution in [0, 0.1) is 0 Å². The summed E-state index contributed by atoms with van der Waals surface area (Å²) in [6.45, 7) is 2.39. The van der Waals surface area contributed by atoms with Crippen molar-refractivity contribution in [3.8, 4) is 0 Å². The Hall–Kier alpha value is -1.63. The maximum absolute atomic E-state index is 12.1. The molecule has 0 bridgehead atoms. The summed E-state index contributed by atoms with van der Waals surface area (Å²) in [5, 5.41) is 8.93. The van der Waals surface area contributed by atoms with Gasteiger partial charge in [0.05, 0.1) is 6.10 Å². The molecule has 1 fully saturated rings. The minimum absolute atomic E-state index is 0.0824. The van der Waals surface area contributed by atoms with E-state index in [1.54, 1.807) is 0 Å². The summed E-state index contributed by atoms with van der Waals surface area (Å²) in [4.78, 5) is 25.5. The van der Waals surface area contributed by atoms with Gasteiger partial charge < -0.3 is 10.1 Å². The topological polar surface area (TPSA) is 99.9 Å². The average Bonchev–Trinajstić information content (AvgIpc) is 2.91. The van der Waals surface area contributed by atoms with Crippen LogP contribution in [0.3, 0.4) is 0 Å². The molecular formula is C14H24N4O3. The summed E-state index contributed by atoms with van der Waals surface area (Å²) in [7, 11) is 0. The molecule has 7 nitrogen and oxygen atoms in total. The Morgan fingerprint density at radius 2 is 2.19 bits per heavy atom. The van der Waals surface area contributed by atoms with Gasteiger partial charge in [0, 0.05) is 13.0 Å². The van der Waals surface area contributed by atoms with E-state index >= 15 is 0 Å². The van der Waals surface area contributed by atoms with E-state index in [-0.39, 0.29) is 23.8 Å². The minimum Gasteiger partial charge on any atom is -0.365 e. The Kier molecular flexibility index (Phi) is 5.98. The van der Waals surface area contributed by atoms with Gasteiger partial charge in [0.25, 0.3) is 0 Å². The number of aromatic nitrogens is 3. The van der Waals surface area contributed by atoms with Crippen molar-refractivity contribution in [1.82, 2.24) is 20.5 Å². The molecule has 1 aromatic rings.